The number of nitrogens with one attached hydrogen (secondary N) is 2. The van der Waals surface area contributed by atoms with E-state index in [0.717, 1.165) is 25.7 Å². The van der Waals surface area contributed by atoms with Crippen molar-refractivity contribution in [2.75, 3.05) is 13.1 Å². The number of rotatable bonds is 6. The maximum absolute atomic E-state index is 12.0. The van der Waals surface area contributed by atoms with Crippen LogP contribution >= 0.6 is 0 Å². The molecule has 110 valence electrons. The van der Waals surface area contributed by atoms with Crippen LogP contribution in [-0.2, 0) is 9.59 Å². The van der Waals surface area contributed by atoms with E-state index in [-0.39, 0.29) is 17.2 Å². The summed E-state index contributed by atoms with van der Waals surface area (Å²) in [7, 11) is 0. The third kappa shape index (κ3) is 4.82. The van der Waals surface area contributed by atoms with Gasteiger partial charge in [-0.25, -0.2) is 0 Å². The summed E-state index contributed by atoms with van der Waals surface area (Å²) in [6.07, 6.45) is 6.01. The average molecular weight is 269 g/mol. The van der Waals surface area contributed by atoms with Gasteiger partial charge in [-0.3, -0.25) is 9.59 Å². The van der Waals surface area contributed by atoms with E-state index in [1.807, 2.05) is 6.92 Å². The van der Waals surface area contributed by atoms with Crippen molar-refractivity contribution in [1.82, 2.24) is 10.6 Å². The first-order valence-corrected chi connectivity index (χ1v) is 7.30. The zero-order valence-electron chi connectivity index (χ0n) is 12.1. The zero-order valence-corrected chi connectivity index (χ0v) is 12.1. The molecular weight excluding hydrogens is 242 g/mol. The predicted octanol–water partition coefficient (Wildman–Crippen LogP) is 0.927. The number of hydrogen-bond acceptors (Lipinski definition) is 3. The molecule has 1 atom stereocenters. The van der Waals surface area contributed by atoms with Gasteiger partial charge in [0.15, 0.2) is 0 Å². The van der Waals surface area contributed by atoms with Crippen LogP contribution < -0.4 is 16.4 Å². The molecule has 5 heteroatoms. The Hall–Kier alpha value is -1.10. The van der Waals surface area contributed by atoms with E-state index in [9.17, 15) is 9.59 Å². The Morgan fingerprint density at radius 1 is 1.26 bits per heavy atom. The van der Waals surface area contributed by atoms with E-state index in [0.29, 0.717) is 19.5 Å². The van der Waals surface area contributed by atoms with Crippen molar-refractivity contribution in [2.45, 2.75) is 58.4 Å². The molecule has 1 unspecified atom stereocenters. The molecule has 4 N–H and O–H groups in total. The van der Waals surface area contributed by atoms with Gasteiger partial charge in [0.05, 0.1) is 0 Å². The maximum Gasteiger partial charge on any atom is 0.242 e. The Kier molecular flexibility index (Phi) is 6.28. The van der Waals surface area contributed by atoms with Gasteiger partial charge in [0, 0.05) is 13.0 Å². The molecule has 2 amide bonds. The van der Waals surface area contributed by atoms with Crippen LogP contribution in [0.15, 0.2) is 0 Å². The van der Waals surface area contributed by atoms with Gasteiger partial charge in [-0.15, -0.1) is 0 Å². The fraction of sp³-hybridized carbons (Fsp3) is 0.857. The van der Waals surface area contributed by atoms with Gasteiger partial charge >= 0.3 is 0 Å². The van der Waals surface area contributed by atoms with Gasteiger partial charge < -0.3 is 16.4 Å². The lowest BCUT2D eigenvalue weighted by molar-refractivity contribution is -0.130. The highest BCUT2D eigenvalue weighted by Gasteiger charge is 2.33. The Balaban J connectivity index is 2.46. The Morgan fingerprint density at radius 2 is 1.89 bits per heavy atom. The van der Waals surface area contributed by atoms with E-state index in [1.165, 1.54) is 6.42 Å². The van der Waals surface area contributed by atoms with Gasteiger partial charge in [-0.1, -0.05) is 19.3 Å². The number of amides is 2. The average Bonchev–Trinajstić information content (AvgIpc) is 2.39. The summed E-state index contributed by atoms with van der Waals surface area (Å²) in [5.74, 6) is -0.201. The van der Waals surface area contributed by atoms with E-state index in [2.05, 4.69) is 10.6 Å². The summed E-state index contributed by atoms with van der Waals surface area (Å²) in [4.78, 5) is 23.6. The second-order valence-corrected chi connectivity index (χ2v) is 5.63. The molecule has 0 aromatic heterocycles. The van der Waals surface area contributed by atoms with Crippen molar-refractivity contribution in [3.8, 4) is 0 Å². The minimum absolute atomic E-state index is 0.0523. The van der Waals surface area contributed by atoms with Crippen LogP contribution in [-0.4, -0.2) is 30.9 Å². The normalized spacial score (nSPS) is 19.5. The van der Waals surface area contributed by atoms with Crippen LogP contribution in [0.5, 0.6) is 0 Å². The molecule has 1 aliphatic rings. The minimum atomic E-state index is -0.481. The van der Waals surface area contributed by atoms with Crippen molar-refractivity contribution in [3.63, 3.8) is 0 Å². The molecule has 19 heavy (non-hydrogen) atoms. The SMILES string of the molecule is CCNC(=O)C(C)NC(=O)CC1(CN)CCCCC1. The third-order valence-electron chi connectivity index (χ3n) is 4.00. The molecule has 0 bridgehead atoms. The van der Waals surface area contributed by atoms with E-state index >= 15 is 0 Å². The summed E-state index contributed by atoms with van der Waals surface area (Å²) in [6.45, 7) is 4.69. The van der Waals surface area contributed by atoms with Crippen molar-refractivity contribution in [3.05, 3.63) is 0 Å². The maximum atomic E-state index is 12.0. The summed E-state index contributed by atoms with van der Waals surface area (Å²) < 4.78 is 0. The molecule has 0 spiro atoms. The molecule has 0 aromatic carbocycles. The first-order valence-electron chi connectivity index (χ1n) is 7.30. The topological polar surface area (TPSA) is 84.2 Å². The summed E-state index contributed by atoms with van der Waals surface area (Å²) in [6, 6.07) is -0.481. The van der Waals surface area contributed by atoms with Gasteiger partial charge in [0.1, 0.15) is 6.04 Å². The van der Waals surface area contributed by atoms with Crippen LogP contribution in [0.1, 0.15) is 52.4 Å². The van der Waals surface area contributed by atoms with E-state index in [1.54, 1.807) is 6.92 Å². The smallest absolute Gasteiger partial charge is 0.242 e. The van der Waals surface area contributed by atoms with Crippen molar-refractivity contribution in [2.24, 2.45) is 11.1 Å². The molecule has 0 saturated heterocycles. The lowest BCUT2D eigenvalue weighted by atomic mass is 9.71. The fourth-order valence-electron chi connectivity index (χ4n) is 2.78. The molecule has 5 nitrogen and oxygen atoms in total. The Bertz CT molecular complexity index is 312. The number of likely N-dealkylation sites (N-methyl/N-ethyl adjacent to an activating group) is 1. The fourth-order valence-corrected chi connectivity index (χ4v) is 2.78. The van der Waals surface area contributed by atoms with E-state index in [4.69, 9.17) is 5.73 Å². The highest BCUT2D eigenvalue weighted by Crippen LogP contribution is 2.38. The molecule has 0 aliphatic heterocycles. The lowest BCUT2D eigenvalue weighted by Gasteiger charge is -2.35. The number of carbonyl (C=O) groups excluding carboxylic acids is 2. The molecule has 0 radical (unpaired) electrons. The molecule has 0 heterocycles. The highest BCUT2D eigenvalue weighted by atomic mass is 16.2. The number of hydrogen-bond donors (Lipinski definition) is 3. The second-order valence-electron chi connectivity index (χ2n) is 5.63. The van der Waals surface area contributed by atoms with Crippen LogP contribution in [0.3, 0.4) is 0 Å². The Labute approximate surface area is 115 Å². The van der Waals surface area contributed by atoms with Crippen LogP contribution in [0.25, 0.3) is 0 Å². The standard InChI is InChI=1S/C14H27N3O2/c1-3-16-13(19)11(2)17-12(18)9-14(10-15)7-5-4-6-8-14/h11H,3-10,15H2,1-2H3,(H,16,19)(H,17,18). The van der Waals surface area contributed by atoms with E-state index < -0.39 is 6.04 Å². The molecule has 1 fully saturated rings. The second kappa shape index (κ2) is 7.48. The van der Waals surface area contributed by atoms with Crippen LogP contribution in [0, 0.1) is 5.41 Å². The van der Waals surface area contributed by atoms with Crippen molar-refractivity contribution in [1.29, 1.82) is 0 Å². The minimum Gasteiger partial charge on any atom is -0.355 e. The molecule has 1 saturated carbocycles. The summed E-state index contributed by atoms with van der Waals surface area (Å²) >= 11 is 0. The van der Waals surface area contributed by atoms with Crippen LogP contribution in [0.2, 0.25) is 0 Å². The quantitative estimate of drug-likeness (QED) is 0.670. The molecule has 1 aliphatic carbocycles. The highest BCUT2D eigenvalue weighted by molar-refractivity contribution is 5.87. The van der Waals surface area contributed by atoms with Gasteiger partial charge in [-0.2, -0.15) is 0 Å². The number of carbonyl (C=O) groups is 2. The van der Waals surface area contributed by atoms with Crippen molar-refractivity contribution < 1.29 is 9.59 Å². The Morgan fingerprint density at radius 3 is 2.42 bits per heavy atom. The molecule has 1 rings (SSSR count). The molecule has 0 aromatic rings. The molecular formula is C14H27N3O2. The lowest BCUT2D eigenvalue weighted by Crippen LogP contribution is -2.47. The third-order valence-corrected chi connectivity index (χ3v) is 4.00. The first kappa shape index (κ1) is 16.0. The monoisotopic (exact) mass is 269 g/mol. The van der Waals surface area contributed by atoms with Crippen LogP contribution in [0.4, 0.5) is 0 Å². The van der Waals surface area contributed by atoms with Crippen molar-refractivity contribution >= 4 is 11.8 Å². The van der Waals surface area contributed by atoms with Gasteiger partial charge in [-0.05, 0) is 38.6 Å². The first-order chi connectivity index (χ1) is 9.03. The van der Waals surface area contributed by atoms with Gasteiger partial charge in [0.2, 0.25) is 11.8 Å². The number of nitrogens with two attached hydrogens (primary N) is 1. The predicted molar refractivity (Wildman–Crippen MR) is 75.5 cm³/mol. The largest absolute Gasteiger partial charge is 0.355 e. The van der Waals surface area contributed by atoms with Gasteiger partial charge in [0.25, 0.3) is 0 Å². The zero-order chi connectivity index (χ0) is 14.3. The summed E-state index contributed by atoms with van der Waals surface area (Å²) in [5, 5.41) is 5.46. The summed E-state index contributed by atoms with van der Waals surface area (Å²) in [5.41, 5.74) is 5.81.